The molecule has 1 aromatic heterocycles. The van der Waals surface area contributed by atoms with E-state index in [0.717, 1.165) is 5.56 Å². The van der Waals surface area contributed by atoms with Gasteiger partial charge in [0.1, 0.15) is 0 Å². The third-order valence-corrected chi connectivity index (χ3v) is 1.44. The van der Waals surface area contributed by atoms with Gasteiger partial charge in [0.15, 0.2) is 0 Å². The van der Waals surface area contributed by atoms with Crippen molar-refractivity contribution >= 4 is 11.5 Å². The maximum atomic E-state index is 10.5. The third-order valence-electron chi connectivity index (χ3n) is 1.44. The molecular weight excluding hydrogens is 182 g/mol. The molecule has 5 nitrogen and oxygen atoms in total. The van der Waals surface area contributed by atoms with Crippen molar-refractivity contribution < 1.29 is 4.92 Å². The van der Waals surface area contributed by atoms with E-state index in [9.17, 15) is 10.1 Å². The minimum Gasteiger partial charge on any atom is -0.367 e. The predicted octanol–water partition coefficient (Wildman–Crippen LogP) is 2.37. The molecule has 14 heavy (non-hydrogen) atoms. The number of pyridine rings is 1. The molecule has 0 saturated heterocycles. The zero-order valence-corrected chi connectivity index (χ0v) is 8.87. The molecule has 0 aliphatic carbocycles. The molecule has 0 amide bonds. The summed E-state index contributed by atoms with van der Waals surface area (Å²) < 4.78 is 0. The average molecular weight is 197 g/mol. The van der Waals surface area contributed by atoms with Gasteiger partial charge in [0.25, 0.3) is 0 Å². The number of aromatic nitrogens is 1. The molecule has 0 fully saturated rings. The van der Waals surface area contributed by atoms with Crippen molar-refractivity contribution in [2.45, 2.75) is 20.8 Å². The summed E-state index contributed by atoms with van der Waals surface area (Å²) in [7, 11) is 1.60. The number of nitrogens with zero attached hydrogens (tertiary/aromatic N) is 2. The van der Waals surface area contributed by atoms with Crippen molar-refractivity contribution in [1.29, 1.82) is 0 Å². The number of nitrogens with one attached hydrogen (secondary N) is 1. The second-order valence-electron chi connectivity index (χ2n) is 2.39. The van der Waals surface area contributed by atoms with E-state index in [-0.39, 0.29) is 5.69 Å². The molecule has 0 aliphatic heterocycles. The molecule has 0 aromatic carbocycles. The van der Waals surface area contributed by atoms with Crippen molar-refractivity contribution in [3.63, 3.8) is 0 Å². The van der Waals surface area contributed by atoms with E-state index in [0.29, 0.717) is 5.82 Å². The van der Waals surface area contributed by atoms with Crippen LogP contribution in [0.4, 0.5) is 11.5 Å². The van der Waals surface area contributed by atoms with Crippen LogP contribution in [0.1, 0.15) is 19.4 Å². The highest BCUT2D eigenvalue weighted by Gasteiger charge is 2.13. The first-order chi connectivity index (χ1) is 6.65. The van der Waals surface area contributed by atoms with Crippen LogP contribution < -0.4 is 5.32 Å². The van der Waals surface area contributed by atoms with Gasteiger partial charge in [-0.2, -0.15) is 0 Å². The van der Waals surface area contributed by atoms with E-state index in [4.69, 9.17) is 0 Å². The van der Waals surface area contributed by atoms with Crippen molar-refractivity contribution in [2.75, 3.05) is 12.4 Å². The van der Waals surface area contributed by atoms with Gasteiger partial charge < -0.3 is 5.32 Å². The van der Waals surface area contributed by atoms with E-state index < -0.39 is 4.92 Å². The zero-order chi connectivity index (χ0) is 11.1. The van der Waals surface area contributed by atoms with Gasteiger partial charge in [-0.1, -0.05) is 13.8 Å². The molecular formula is C9H15N3O2. The molecule has 5 heteroatoms. The topological polar surface area (TPSA) is 68.1 Å². The SMILES string of the molecule is CC.CNc1ncc(C)cc1[N+](=O)[O-]. The third kappa shape index (κ3) is 3.01. The van der Waals surface area contributed by atoms with Crippen LogP contribution in [0.5, 0.6) is 0 Å². The van der Waals surface area contributed by atoms with Gasteiger partial charge in [-0.05, 0) is 12.5 Å². The van der Waals surface area contributed by atoms with Crippen LogP contribution in [-0.4, -0.2) is 17.0 Å². The van der Waals surface area contributed by atoms with E-state index in [1.54, 1.807) is 20.2 Å². The first kappa shape index (κ1) is 12.3. The number of rotatable bonds is 2. The lowest BCUT2D eigenvalue weighted by molar-refractivity contribution is -0.384. The van der Waals surface area contributed by atoms with Crippen LogP contribution in [0.3, 0.4) is 0 Å². The Labute approximate surface area is 83.3 Å². The molecule has 0 bridgehead atoms. The van der Waals surface area contributed by atoms with Crippen molar-refractivity contribution in [3.05, 3.63) is 27.9 Å². The second kappa shape index (κ2) is 5.90. The summed E-state index contributed by atoms with van der Waals surface area (Å²) >= 11 is 0. The Bertz CT molecular complexity index is 313. The lowest BCUT2D eigenvalue weighted by Crippen LogP contribution is -1.99. The highest BCUT2D eigenvalue weighted by Crippen LogP contribution is 2.21. The average Bonchev–Trinajstić information content (AvgIpc) is 2.20. The first-order valence-electron chi connectivity index (χ1n) is 4.44. The lowest BCUT2D eigenvalue weighted by Gasteiger charge is -2.00. The Balaban J connectivity index is 0.000000791. The maximum absolute atomic E-state index is 10.5. The van der Waals surface area contributed by atoms with E-state index in [1.165, 1.54) is 6.07 Å². The Morgan fingerprint density at radius 1 is 1.50 bits per heavy atom. The number of nitro groups is 1. The van der Waals surface area contributed by atoms with E-state index >= 15 is 0 Å². The summed E-state index contributed by atoms with van der Waals surface area (Å²) in [5.74, 6) is 0.297. The van der Waals surface area contributed by atoms with Gasteiger partial charge >= 0.3 is 5.69 Å². The normalized spacial score (nSPS) is 8.57. The highest BCUT2D eigenvalue weighted by molar-refractivity contribution is 5.55. The van der Waals surface area contributed by atoms with Gasteiger partial charge in [0.05, 0.1) is 4.92 Å². The fraction of sp³-hybridized carbons (Fsp3) is 0.444. The Morgan fingerprint density at radius 3 is 2.50 bits per heavy atom. The van der Waals surface area contributed by atoms with E-state index in [2.05, 4.69) is 10.3 Å². The molecule has 78 valence electrons. The summed E-state index contributed by atoms with van der Waals surface area (Å²) in [5.41, 5.74) is 0.790. The molecule has 0 aliphatic rings. The standard InChI is InChI=1S/C7H9N3O2.C2H6/c1-5-3-6(10(11)12)7(8-2)9-4-5;1-2/h3-4H,1-2H3,(H,8,9);1-2H3. The molecule has 1 rings (SSSR count). The monoisotopic (exact) mass is 197 g/mol. The van der Waals surface area contributed by atoms with Crippen molar-refractivity contribution in [3.8, 4) is 0 Å². The van der Waals surface area contributed by atoms with Crippen LogP contribution in [0.15, 0.2) is 12.3 Å². The molecule has 1 N–H and O–H groups in total. The van der Waals surface area contributed by atoms with Crippen molar-refractivity contribution in [1.82, 2.24) is 4.98 Å². The van der Waals surface area contributed by atoms with Crippen LogP contribution in [-0.2, 0) is 0 Å². The quantitative estimate of drug-likeness (QED) is 0.583. The molecule has 0 radical (unpaired) electrons. The minimum atomic E-state index is -0.453. The maximum Gasteiger partial charge on any atom is 0.311 e. The molecule has 0 spiro atoms. The minimum absolute atomic E-state index is 0.0116. The second-order valence-corrected chi connectivity index (χ2v) is 2.39. The highest BCUT2D eigenvalue weighted by atomic mass is 16.6. The molecule has 1 heterocycles. The van der Waals surface area contributed by atoms with Gasteiger partial charge in [0.2, 0.25) is 5.82 Å². The Hall–Kier alpha value is -1.65. The van der Waals surface area contributed by atoms with Crippen LogP contribution in [0.2, 0.25) is 0 Å². The number of aryl methyl sites for hydroxylation is 1. The summed E-state index contributed by atoms with van der Waals surface area (Å²) in [4.78, 5) is 13.9. The fourth-order valence-electron chi connectivity index (χ4n) is 0.886. The molecule has 1 aromatic rings. The first-order valence-corrected chi connectivity index (χ1v) is 4.44. The van der Waals surface area contributed by atoms with Gasteiger partial charge in [-0.15, -0.1) is 0 Å². The summed E-state index contributed by atoms with van der Waals surface area (Å²) in [5, 5.41) is 13.1. The predicted molar refractivity (Wildman–Crippen MR) is 56.5 cm³/mol. The van der Waals surface area contributed by atoms with Crippen molar-refractivity contribution in [2.24, 2.45) is 0 Å². The Kier molecular flexibility index (Phi) is 5.21. The zero-order valence-electron chi connectivity index (χ0n) is 8.87. The smallest absolute Gasteiger partial charge is 0.311 e. The summed E-state index contributed by atoms with van der Waals surface area (Å²) in [6.07, 6.45) is 1.58. The molecule has 0 atom stereocenters. The van der Waals surface area contributed by atoms with Crippen LogP contribution >= 0.6 is 0 Å². The number of hydrogen-bond donors (Lipinski definition) is 1. The lowest BCUT2D eigenvalue weighted by atomic mass is 10.3. The summed E-state index contributed by atoms with van der Waals surface area (Å²) in [6, 6.07) is 1.48. The fourth-order valence-corrected chi connectivity index (χ4v) is 0.886. The van der Waals surface area contributed by atoms with Crippen LogP contribution in [0.25, 0.3) is 0 Å². The molecule has 0 saturated carbocycles. The summed E-state index contributed by atoms with van der Waals surface area (Å²) in [6.45, 7) is 5.76. The molecule has 0 unspecified atom stereocenters. The van der Waals surface area contributed by atoms with E-state index in [1.807, 2.05) is 13.8 Å². The van der Waals surface area contributed by atoms with Gasteiger partial charge in [-0.25, -0.2) is 4.98 Å². The number of anilines is 1. The largest absolute Gasteiger partial charge is 0.367 e. The van der Waals surface area contributed by atoms with Gasteiger partial charge in [-0.3, -0.25) is 10.1 Å². The Morgan fingerprint density at radius 2 is 2.07 bits per heavy atom. The van der Waals surface area contributed by atoms with Crippen LogP contribution in [0, 0.1) is 17.0 Å². The van der Waals surface area contributed by atoms with Gasteiger partial charge in [0, 0.05) is 19.3 Å². The number of hydrogen-bond acceptors (Lipinski definition) is 4.